The van der Waals surface area contributed by atoms with E-state index in [1.54, 1.807) is 0 Å². The Balaban J connectivity index is 1.80. The molecule has 3 aliphatic heterocycles. The molecule has 7 atom stereocenters. The van der Waals surface area contributed by atoms with Gasteiger partial charge in [0.1, 0.15) is 6.10 Å². The second-order valence-electron chi connectivity index (χ2n) is 8.51. The van der Waals surface area contributed by atoms with E-state index in [0.29, 0.717) is 18.9 Å². The molecule has 5 aliphatic rings. The summed E-state index contributed by atoms with van der Waals surface area (Å²) in [6.45, 7) is 8.94. The number of aliphatic hydroxyl groups is 1. The first-order valence-electron chi connectivity index (χ1n) is 8.70. The molecule has 3 saturated heterocycles. The highest BCUT2D eigenvalue weighted by Crippen LogP contribution is 2.73. The molecule has 0 aromatic carbocycles. The van der Waals surface area contributed by atoms with Gasteiger partial charge in [0.15, 0.2) is 5.72 Å². The molecule has 5 rings (SSSR count). The van der Waals surface area contributed by atoms with Crippen molar-refractivity contribution in [1.82, 2.24) is 4.90 Å². The molecule has 1 spiro atoms. The van der Waals surface area contributed by atoms with Crippen molar-refractivity contribution in [3.8, 4) is 0 Å². The smallest absolute Gasteiger partial charge is 0.312 e. The second-order valence-corrected chi connectivity index (χ2v) is 8.51. The monoisotopic (exact) mass is 307 g/mol. The minimum absolute atomic E-state index is 0.0445. The van der Waals surface area contributed by atoms with Crippen LogP contribution in [0.2, 0.25) is 0 Å². The molecule has 2 bridgehead atoms. The van der Waals surface area contributed by atoms with E-state index in [4.69, 9.17) is 9.47 Å². The highest BCUT2D eigenvalue weighted by molar-refractivity contribution is 5.79. The molecule has 122 valence electrons. The second kappa shape index (κ2) is 3.70. The van der Waals surface area contributed by atoms with Gasteiger partial charge in [-0.2, -0.15) is 0 Å². The number of carbonyl (C=O) groups is 1. The summed E-state index contributed by atoms with van der Waals surface area (Å²) in [4.78, 5) is 15.0. The summed E-state index contributed by atoms with van der Waals surface area (Å²) in [6, 6.07) is 0. The van der Waals surface area contributed by atoms with Crippen molar-refractivity contribution in [1.29, 1.82) is 0 Å². The Morgan fingerprint density at radius 1 is 1.41 bits per heavy atom. The maximum Gasteiger partial charge on any atom is 0.312 e. The summed E-state index contributed by atoms with van der Waals surface area (Å²) in [5, 5.41) is 11.8. The van der Waals surface area contributed by atoms with Crippen LogP contribution in [0.15, 0.2) is 0 Å². The zero-order valence-corrected chi connectivity index (χ0v) is 13.5. The van der Waals surface area contributed by atoms with Crippen molar-refractivity contribution in [2.45, 2.75) is 51.0 Å². The zero-order chi connectivity index (χ0) is 15.5. The number of fused-ring (bicyclic) bond motifs is 3. The predicted molar refractivity (Wildman–Crippen MR) is 77.7 cm³/mol. The lowest BCUT2D eigenvalue weighted by atomic mass is 9.51. The molecule has 5 heteroatoms. The number of esters is 1. The molecule has 22 heavy (non-hydrogen) atoms. The SMILES string of the molecule is CC(C)C1C2C(=O)OC1C13OCCN1CC1CCC2(O)C13C. The van der Waals surface area contributed by atoms with Gasteiger partial charge in [0.25, 0.3) is 0 Å². The highest BCUT2D eigenvalue weighted by atomic mass is 16.6. The molecule has 0 radical (unpaired) electrons. The van der Waals surface area contributed by atoms with Crippen LogP contribution in [0.25, 0.3) is 0 Å². The third-order valence-corrected chi connectivity index (χ3v) is 7.83. The molecule has 5 fully saturated rings. The molecular formula is C17H25NO4. The summed E-state index contributed by atoms with van der Waals surface area (Å²) in [6.07, 6.45) is 1.44. The molecule has 0 aromatic heterocycles. The van der Waals surface area contributed by atoms with E-state index in [9.17, 15) is 9.90 Å². The van der Waals surface area contributed by atoms with Crippen molar-refractivity contribution < 1.29 is 19.4 Å². The molecule has 0 amide bonds. The molecular weight excluding hydrogens is 282 g/mol. The molecule has 3 heterocycles. The summed E-state index contributed by atoms with van der Waals surface area (Å²) < 4.78 is 12.3. The van der Waals surface area contributed by atoms with Crippen LogP contribution in [-0.2, 0) is 14.3 Å². The molecule has 7 unspecified atom stereocenters. The highest BCUT2D eigenvalue weighted by Gasteiger charge is 2.86. The van der Waals surface area contributed by atoms with Crippen molar-refractivity contribution in [2.24, 2.45) is 29.1 Å². The Morgan fingerprint density at radius 2 is 2.18 bits per heavy atom. The predicted octanol–water partition coefficient (Wildman–Crippen LogP) is 1.00. The number of hydrogen-bond acceptors (Lipinski definition) is 5. The molecule has 0 aromatic rings. The Morgan fingerprint density at radius 3 is 2.91 bits per heavy atom. The van der Waals surface area contributed by atoms with E-state index in [-0.39, 0.29) is 29.8 Å². The van der Waals surface area contributed by atoms with Gasteiger partial charge in [-0.25, -0.2) is 0 Å². The van der Waals surface area contributed by atoms with Gasteiger partial charge in [0.2, 0.25) is 0 Å². The summed E-state index contributed by atoms with van der Waals surface area (Å²) >= 11 is 0. The van der Waals surface area contributed by atoms with E-state index >= 15 is 0 Å². The van der Waals surface area contributed by atoms with Crippen molar-refractivity contribution in [3.63, 3.8) is 0 Å². The lowest BCUT2D eigenvalue weighted by molar-refractivity contribution is -0.283. The van der Waals surface area contributed by atoms with Crippen LogP contribution >= 0.6 is 0 Å². The average molecular weight is 307 g/mol. The minimum Gasteiger partial charge on any atom is -0.457 e. The zero-order valence-electron chi connectivity index (χ0n) is 13.5. The van der Waals surface area contributed by atoms with Crippen molar-refractivity contribution in [2.75, 3.05) is 19.7 Å². The molecule has 2 aliphatic carbocycles. The lowest BCUT2D eigenvalue weighted by Gasteiger charge is -2.58. The van der Waals surface area contributed by atoms with Gasteiger partial charge in [-0.15, -0.1) is 0 Å². The van der Waals surface area contributed by atoms with Gasteiger partial charge in [0.05, 0.1) is 18.1 Å². The fourth-order valence-electron chi connectivity index (χ4n) is 6.95. The summed E-state index contributed by atoms with van der Waals surface area (Å²) in [5.41, 5.74) is -2.00. The van der Waals surface area contributed by atoms with E-state index in [1.807, 2.05) is 0 Å². The minimum atomic E-state index is -0.990. The molecule has 5 nitrogen and oxygen atoms in total. The fraction of sp³-hybridized carbons (Fsp3) is 0.941. The lowest BCUT2D eigenvalue weighted by Crippen LogP contribution is -2.73. The maximum absolute atomic E-state index is 12.7. The van der Waals surface area contributed by atoms with E-state index in [2.05, 4.69) is 25.7 Å². The first-order valence-corrected chi connectivity index (χ1v) is 8.70. The topological polar surface area (TPSA) is 59.0 Å². The first-order chi connectivity index (χ1) is 10.4. The van der Waals surface area contributed by atoms with E-state index in [1.165, 1.54) is 0 Å². The molecule has 1 N–H and O–H groups in total. The van der Waals surface area contributed by atoms with Crippen LogP contribution in [-0.4, -0.2) is 53.1 Å². The Bertz CT molecular complexity index is 565. The number of carbonyl (C=O) groups excluding carboxylic acids is 1. The Labute approximate surface area is 130 Å². The standard InChI is InChI=1S/C17H25NO4/c1-9(2)11-12-14(19)22-13(11)17-15(3)10(4-5-16(12,15)20)8-18(17)6-7-21-17/h9-13,20H,4-8H2,1-3H3. The van der Waals surface area contributed by atoms with Crippen LogP contribution in [0.4, 0.5) is 0 Å². The fourth-order valence-corrected chi connectivity index (χ4v) is 6.95. The van der Waals surface area contributed by atoms with Crippen LogP contribution in [0.1, 0.15) is 33.6 Å². The van der Waals surface area contributed by atoms with Gasteiger partial charge in [-0.05, 0) is 24.7 Å². The van der Waals surface area contributed by atoms with Crippen LogP contribution < -0.4 is 0 Å². The van der Waals surface area contributed by atoms with Crippen molar-refractivity contribution in [3.05, 3.63) is 0 Å². The Hall–Kier alpha value is -0.650. The average Bonchev–Trinajstić information content (AvgIpc) is 3.11. The normalized spacial score (nSPS) is 59.0. The van der Waals surface area contributed by atoms with Gasteiger partial charge < -0.3 is 14.6 Å². The van der Waals surface area contributed by atoms with E-state index in [0.717, 1.165) is 19.5 Å². The first kappa shape index (κ1) is 13.8. The van der Waals surface area contributed by atoms with Gasteiger partial charge in [-0.1, -0.05) is 20.8 Å². The van der Waals surface area contributed by atoms with Gasteiger partial charge in [0, 0.05) is 24.4 Å². The van der Waals surface area contributed by atoms with Gasteiger partial charge in [-0.3, -0.25) is 9.69 Å². The maximum atomic E-state index is 12.7. The van der Waals surface area contributed by atoms with E-state index < -0.39 is 16.7 Å². The summed E-state index contributed by atoms with van der Waals surface area (Å²) in [5.74, 6) is 0.137. The third-order valence-electron chi connectivity index (χ3n) is 7.83. The van der Waals surface area contributed by atoms with Crippen LogP contribution in [0.5, 0.6) is 0 Å². The van der Waals surface area contributed by atoms with Crippen molar-refractivity contribution >= 4 is 5.97 Å². The van der Waals surface area contributed by atoms with Crippen LogP contribution in [0, 0.1) is 29.1 Å². The Kier molecular flexibility index (Phi) is 2.32. The van der Waals surface area contributed by atoms with Gasteiger partial charge >= 0.3 is 5.97 Å². The largest absolute Gasteiger partial charge is 0.457 e. The number of nitrogens with zero attached hydrogens (tertiary/aromatic N) is 1. The molecule has 2 saturated carbocycles. The summed E-state index contributed by atoms with van der Waals surface area (Å²) in [7, 11) is 0. The van der Waals surface area contributed by atoms with Crippen LogP contribution in [0.3, 0.4) is 0 Å². The third kappa shape index (κ3) is 1.06. The number of hydrogen-bond donors (Lipinski definition) is 1. The number of rotatable bonds is 1. The quantitative estimate of drug-likeness (QED) is 0.733. The number of ether oxygens (including phenoxy) is 2.